The first-order valence-electron chi connectivity index (χ1n) is 14.9. The number of unbranched alkanes of at least 4 members (excludes halogenated alkanes) is 19. The molecular weight excluding hydrogens is 406 g/mol. The van der Waals surface area contributed by atoms with E-state index in [9.17, 15) is 4.79 Å². The predicted molar refractivity (Wildman–Crippen MR) is 148 cm³/mol. The van der Waals surface area contributed by atoms with Gasteiger partial charge in [-0.3, -0.25) is 4.79 Å². The van der Waals surface area contributed by atoms with E-state index in [1.807, 2.05) is 0 Å². The van der Waals surface area contributed by atoms with Crippen molar-refractivity contribution in [1.82, 2.24) is 4.90 Å². The molecule has 3 nitrogen and oxygen atoms in total. The second-order valence-electron chi connectivity index (χ2n) is 10.4. The van der Waals surface area contributed by atoms with Crippen molar-refractivity contribution in [3.8, 4) is 0 Å². The molecule has 0 saturated carbocycles. The Hall–Kier alpha value is -0.570. The van der Waals surface area contributed by atoms with Crippen molar-refractivity contribution in [3.05, 3.63) is 0 Å². The number of carbonyl (C=O) groups is 1. The van der Waals surface area contributed by atoms with Gasteiger partial charge in [-0.05, 0) is 40.3 Å². The van der Waals surface area contributed by atoms with E-state index in [-0.39, 0.29) is 0 Å². The topological polar surface area (TPSA) is 40.5 Å². The smallest absolute Gasteiger partial charge is 0.303 e. The van der Waals surface area contributed by atoms with Crippen molar-refractivity contribution in [2.24, 2.45) is 0 Å². The molecule has 0 aromatic carbocycles. The molecule has 33 heavy (non-hydrogen) atoms. The summed E-state index contributed by atoms with van der Waals surface area (Å²) in [6.45, 7) is 10.3. The van der Waals surface area contributed by atoms with Gasteiger partial charge in [0.25, 0.3) is 0 Å². The van der Waals surface area contributed by atoms with Gasteiger partial charge in [-0.15, -0.1) is 0 Å². The van der Waals surface area contributed by atoms with Gasteiger partial charge in [0, 0.05) is 12.5 Å². The Kier molecular flexibility index (Phi) is 30.9. The van der Waals surface area contributed by atoms with Gasteiger partial charge in [-0.1, -0.05) is 136 Å². The summed E-state index contributed by atoms with van der Waals surface area (Å²) in [7, 11) is 2.22. The van der Waals surface area contributed by atoms with Gasteiger partial charge in [0.1, 0.15) is 0 Å². The Bertz CT molecular complexity index is 370. The maximum absolute atomic E-state index is 10.3. The summed E-state index contributed by atoms with van der Waals surface area (Å²) in [5, 5.41) is 8.52. The molecule has 0 atom stereocenters. The SMILES string of the molecule is CCCCCCCCCCCCCCCCCC(=O)O.CCCCCCCCN(C)C(C)C. The molecule has 0 amide bonds. The lowest BCUT2D eigenvalue weighted by molar-refractivity contribution is -0.137. The maximum Gasteiger partial charge on any atom is 0.303 e. The molecule has 0 aliphatic carbocycles. The molecule has 3 heteroatoms. The highest BCUT2D eigenvalue weighted by atomic mass is 16.4. The number of hydrogen-bond donors (Lipinski definition) is 1. The summed E-state index contributed by atoms with van der Waals surface area (Å²) in [6.07, 6.45) is 28.6. The fraction of sp³-hybridized carbons (Fsp3) is 0.967. The number of rotatable bonds is 24. The van der Waals surface area contributed by atoms with Crippen LogP contribution in [0.4, 0.5) is 0 Å². The molecule has 0 aromatic rings. The molecule has 0 heterocycles. The summed E-state index contributed by atoms with van der Waals surface area (Å²) in [5.41, 5.74) is 0. The minimum absolute atomic E-state index is 0.345. The van der Waals surface area contributed by atoms with Crippen molar-refractivity contribution < 1.29 is 9.90 Å². The zero-order valence-corrected chi connectivity index (χ0v) is 23.6. The van der Waals surface area contributed by atoms with E-state index in [0.29, 0.717) is 12.5 Å². The Morgan fingerprint density at radius 3 is 1.18 bits per heavy atom. The van der Waals surface area contributed by atoms with Crippen LogP contribution in [0.3, 0.4) is 0 Å². The van der Waals surface area contributed by atoms with Crippen molar-refractivity contribution in [3.63, 3.8) is 0 Å². The van der Waals surface area contributed by atoms with Crippen molar-refractivity contribution in [2.45, 2.75) is 175 Å². The molecule has 0 saturated heterocycles. The molecule has 0 bridgehead atoms. The highest BCUT2D eigenvalue weighted by Gasteiger charge is 2.01. The van der Waals surface area contributed by atoms with Gasteiger partial charge in [-0.25, -0.2) is 0 Å². The Morgan fingerprint density at radius 2 is 0.879 bits per heavy atom. The summed E-state index contributed by atoms with van der Waals surface area (Å²) in [4.78, 5) is 12.8. The fourth-order valence-corrected chi connectivity index (χ4v) is 4.05. The van der Waals surface area contributed by atoms with E-state index in [1.54, 1.807) is 0 Å². The van der Waals surface area contributed by atoms with Crippen LogP contribution in [0.5, 0.6) is 0 Å². The van der Waals surface area contributed by atoms with E-state index in [4.69, 9.17) is 5.11 Å². The van der Waals surface area contributed by atoms with Gasteiger partial charge in [0.05, 0.1) is 0 Å². The third-order valence-electron chi connectivity index (χ3n) is 6.74. The molecule has 200 valence electrons. The quantitative estimate of drug-likeness (QED) is 0.143. The molecule has 0 spiro atoms. The molecule has 0 fully saturated rings. The number of nitrogens with zero attached hydrogens (tertiary/aromatic N) is 1. The molecule has 1 N–H and O–H groups in total. The zero-order valence-electron chi connectivity index (χ0n) is 23.6. The van der Waals surface area contributed by atoms with E-state index in [2.05, 4.69) is 39.6 Å². The van der Waals surface area contributed by atoms with Crippen LogP contribution in [0, 0.1) is 0 Å². The van der Waals surface area contributed by atoms with Gasteiger partial charge in [0.2, 0.25) is 0 Å². The second kappa shape index (κ2) is 29.5. The molecular formula is C30H63NO2. The summed E-state index contributed by atoms with van der Waals surface area (Å²) in [5.74, 6) is -0.653. The van der Waals surface area contributed by atoms with Gasteiger partial charge in [0.15, 0.2) is 0 Å². The minimum atomic E-state index is -0.653. The van der Waals surface area contributed by atoms with Crippen LogP contribution in [0.15, 0.2) is 0 Å². The van der Waals surface area contributed by atoms with Crippen LogP contribution < -0.4 is 0 Å². The number of hydrogen-bond acceptors (Lipinski definition) is 2. The van der Waals surface area contributed by atoms with Crippen molar-refractivity contribution in [2.75, 3.05) is 13.6 Å². The molecule has 0 unspecified atom stereocenters. The van der Waals surface area contributed by atoms with Crippen LogP contribution in [-0.4, -0.2) is 35.6 Å². The molecule has 0 aliphatic rings. The molecule has 0 aromatic heterocycles. The Balaban J connectivity index is 0. The fourth-order valence-electron chi connectivity index (χ4n) is 4.05. The average Bonchev–Trinajstić information content (AvgIpc) is 2.78. The lowest BCUT2D eigenvalue weighted by Gasteiger charge is -2.20. The second-order valence-corrected chi connectivity index (χ2v) is 10.4. The maximum atomic E-state index is 10.3. The summed E-state index contributed by atoms with van der Waals surface area (Å²) >= 11 is 0. The Morgan fingerprint density at radius 1 is 0.576 bits per heavy atom. The standard InChI is InChI=1S/C18H36O2.C12H27N/c1-2-3-4-5-6-7-8-9-10-11-12-13-14-15-16-17-18(19)20;1-5-6-7-8-9-10-11-13(4)12(2)3/h2-17H2,1H3,(H,19,20);12H,5-11H2,1-4H3. The first-order valence-corrected chi connectivity index (χ1v) is 14.9. The first kappa shape index (κ1) is 34.6. The lowest BCUT2D eigenvalue weighted by atomic mass is 10.0. The van der Waals surface area contributed by atoms with Crippen molar-refractivity contribution >= 4 is 5.97 Å². The number of carboxylic acid groups (broad SMARTS) is 1. The van der Waals surface area contributed by atoms with Crippen LogP contribution in [0.25, 0.3) is 0 Å². The van der Waals surface area contributed by atoms with Crippen LogP contribution in [0.1, 0.15) is 169 Å². The minimum Gasteiger partial charge on any atom is -0.481 e. The van der Waals surface area contributed by atoms with E-state index in [1.165, 1.54) is 129 Å². The average molecular weight is 470 g/mol. The Labute approximate surface area is 209 Å². The van der Waals surface area contributed by atoms with Crippen LogP contribution in [0.2, 0.25) is 0 Å². The first-order chi connectivity index (χ1) is 16.0. The van der Waals surface area contributed by atoms with Gasteiger partial charge >= 0.3 is 5.97 Å². The van der Waals surface area contributed by atoms with Crippen LogP contribution >= 0.6 is 0 Å². The number of carboxylic acids is 1. The third kappa shape index (κ3) is 33.7. The van der Waals surface area contributed by atoms with Gasteiger partial charge < -0.3 is 10.0 Å². The predicted octanol–water partition coefficient (Wildman–Crippen LogP) is 10.0. The largest absolute Gasteiger partial charge is 0.481 e. The monoisotopic (exact) mass is 469 g/mol. The third-order valence-corrected chi connectivity index (χ3v) is 6.74. The lowest BCUT2D eigenvalue weighted by Crippen LogP contribution is -2.27. The van der Waals surface area contributed by atoms with Crippen LogP contribution in [-0.2, 0) is 4.79 Å². The summed E-state index contributed by atoms with van der Waals surface area (Å²) < 4.78 is 0. The van der Waals surface area contributed by atoms with Crippen molar-refractivity contribution in [1.29, 1.82) is 0 Å². The molecule has 0 radical (unpaired) electrons. The van der Waals surface area contributed by atoms with E-state index in [0.717, 1.165) is 12.8 Å². The highest BCUT2D eigenvalue weighted by molar-refractivity contribution is 5.66. The zero-order chi connectivity index (χ0) is 25.0. The highest BCUT2D eigenvalue weighted by Crippen LogP contribution is 2.13. The van der Waals surface area contributed by atoms with E-state index < -0.39 is 5.97 Å². The van der Waals surface area contributed by atoms with Gasteiger partial charge in [-0.2, -0.15) is 0 Å². The number of aliphatic carboxylic acids is 1. The molecule has 0 rings (SSSR count). The summed E-state index contributed by atoms with van der Waals surface area (Å²) in [6, 6.07) is 0.704. The normalized spacial score (nSPS) is 11.1. The molecule has 0 aliphatic heterocycles. The van der Waals surface area contributed by atoms with E-state index >= 15 is 0 Å².